The molecule has 0 atom stereocenters. The van der Waals surface area contributed by atoms with Crippen molar-refractivity contribution in [2.75, 3.05) is 32.0 Å². The maximum absolute atomic E-state index is 11.5. The first-order chi connectivity index (χ1) is 7.99. The van der Waals surface area contributed by atoms with Crippen molar-refractivity contribution in [1.82, 2.24) is 10.0 Å². The highest BCUT2D eigenvalue weighted by Crippen LogP contribution is 2.06. The number of hydrogen-bond acceptors (Lipinski definition) is 4. The average molecular weight is 264 g/mol. The van der Waals surface area contributed by atoms with Crippen molar-refractivity contribution >= 4 is 10.0 Å². The summed E-state index contributed by atoms with van der Waals surface area (Å²) in [6.07, 6.45) is 2.31. The zero-order valence-electron chi connectivity index (χ0n) is 10.7. The minimum atomic E-state index is -3.13. The molecule has 1 fully saturated rings. The Morgan fingerprint density at radius 1 is 1.35 bits per heavy atom. The van der Waals surface area contributed by atoms with Gasteiger partial charge in [0.05, 0.1) is 18.5 Å². The van der Waals surface area contributed by atoms with Gasteiger partial charge in [0.25, 0.3) is 0 Å². The summed E-state index contributed by atoms with van der Waals surface area (Å²) in [5.41, 5.74) is 0. The highest BCUT2D eigenvalue weighted by Gasteiger charge is 2.14. The minimum Gasteiger partial charge on any atom is -0.377 e. The van der Waals surface area contributed by atoms with Gasteiger partial charge in [0, 0.05) is 6.54 Å². The van der Waals surface area contributed by atoms with E-state index in [1.54, 1.807) is 0 Å². The summed E-state index contributed by atoms with van der Waals surface area (Å²) in [7, 11) is -3.13. The van der Waals surface area contributed by atoms with E-state index in [9.17, 15) is 8.42 Å². The van der Waals surface area contributed by atoms with E-state index in [0.29, 0.717) is 13.2 Å². The van der Waals surface area contributed by atoms with E-state index < -0.39 is 10.0 Å². The molecular weight excluding hydrogens is 240 g/mol. The molecule has 17 heavy (non-hydrogen) atoms. The van der Waals surface area contributed by atoms with Crippen LogP contribution in [-0.2, 0) is 14.8 Å². The van der Waals surface area contributed by atoms with E-state index >= 15 is 0 Å². The molecule has 5 nitrogen and oxygen atoms in total. The van der Waals surface area contributed by atoms with Crippen molar-refractivity contribution in [2.45, 2.75) is 32.8 Å². The lowest BCUT2D eigenvalue weighted by Gasteiger charge is -2.23. The molecule has 0 aromatic carbocycles. The summed E-state index contributed by atoms with van der Waals surface area (Å²) in [5, 5.41) is 3.26. The van der Waals surface area contributed by atoms with Crippen LogP contribution in [0.15, 0.2) is 0 Å². The van der Waals surface area contributed by atoms with Crippen molar-refractivity contribution < 1.29 is 13.2 Å². The molecule has 0 unspecified atom stereocenters. The van der Waals surface area contributed by atoms with Crippen LogP contribution in [-0.4, -0.2) is 46.5 Å². The van der Waals surface area contributed by atoms with Gasteiger partial charge in [0.2, 0.25) is 10.0 Å². The minimum absolute atomic E-state index is 0.151. The van der Waals surface area contributed by atoms with Gasteiger partial charge in [-0.1, -0.05) is 13.8 Å². The maximum Gasteiger partial charge on any atom is 0.211 e. The fourth-order valence-electron chi connectivity index (χ4n) is 1.88. The average Bonchev–Trinajstić information content (AvgIpc) is 2.24. The third-order valence-electron chi connectivity index (χ3n) is 2.62. The number of ether oxygens (including phenoxy) is 1. The SMILES string of the molecule is CC(C)CS(=O)(=O)NCCOC1CCNCC1. The zero-order valence-corrected chi connectivity index (χ0v) is 11.6. The highest BCUT2D eigenvalue weighted by molar-refractivity contribution is 7.89. The maximum atomic E-state index is 11.5. The molecule has 1 heterocycles. The number of hydrogen-bond donors (Lipinski definition) is 2. The van der Waals surface area contributed by atoms with E-state index in [1.807, 2.05) is 13.8 Å². The van der Waals surface area contributed by atoms with Crippen molar-refractivity contribution in [1.29, 1.82) is 0 Å². The first-order valence-corrected chi connectivity index (χ1v) is 7.94. The van der Waals surface area contributed by atoms with Crippen LogP contribution in [0.3, 0.4) is 0 Å². The third kappa shape index (κ3) is 6.98. The first-order valence-electron chi connectivity index (χ1n) is 6.29. The predicted molar refractivity (Wildman–Crippen MR) is 68.5 cm³/mol. The number of nitrogens with one attached hydrogen (secondary N) is 2. The lowest BCUT2D eigenvalue weighted by atomic mass is 10.1. The van der Waals surface area contributed by atoms with Crippen molar-refractivity contribution in [3.8, 4) is 0 Å². The molecule has 0 aromatic rings. The Morgan fingerprint density at radius 2 is 2.00 bits per heavy atom. The first kappa shape index (κ1) is 14.9. The fourth-order valence-corrected chi connectivity index (χ4v) is 3.27. The van der Waals surface area contributed by atoms with E-state index in [0.717, 1.165) is 25.9 Å². The summed E-state index contributed by atoms with van der Waals surface area (Å²) in [5.74, 6) is 0.332. The molecule has 0 bridgehead atoms. The third-order valence-corrected chi connectivity index (χ3v) is 4.37. The van der Waals surface area contributed by atoms with Crippen molar-refractivity contribution in [3.63, 3.8) is 0 Å². The van der Waals surface area contributed by atoms with E-state index in [2.05, 4.69) is 10.0 Å². The molecule has 1 saturated heterocycles. The van der Waals surface area contributed by atoms with E-state index in [4.69, 9.17) is 4.74 Å². The predicted octanol–water partition coefficient (Wildman–Crippen LogP) is 0.330. The molecule has 1 aliphatic heterocycles. The Balaban J connectivity index is 2.10. The van der Waals surface area contributed by atoms with Gasteiger partial charge in [0.15, 0.2) is 0 Å². The standard InChI is InChI=1S/C11H24N2O3S/c1-10(2)9-17(14,15)13-7-8-16-11-3-5-12-6-4-11/h10-13H,3-9H2,1-2H3. The van der Waals surface area contributed by atoms with Gasteiger partial charge in [-0.3, -0.25) is 0 Å². The largest absolute Gasteiger partial charge is 0.377 e. The van der Waals surface area contributed by atoms with Crippen molar-refractivity contribution in [3.05, 3.63) is 0 Å². The normalized spacial score (nSPS) is 18.8. The van der Waals surface area contributed by atoms with Gasteiger partial charge in [-0.15, -0.1) is 0 Å². The van der Waals surface area contributed by atoms with Crippen LogP contribution in [0.25, 0.3) is 0 Å². The molecule has 0 saturated carbocycles. The molecule has 102 valence electrons. The molecular formula is C11H24N2O3S. The Bertz CT molecular complexity index is 298. The Hall–Kier alpha value is -0.170. The molecule has 2 N–H and O–H groups in total. The van der Waals surface area contributed by atoms with Crippen LogP contribution in [0.4, 0.5) is 0 Å². The van der Waals surface area contributed by atoms with Crippen LogP contribution >= 0.6 is 0 Å². The van der Waals surface area contributed by atoms with Crippen molar-refractivity contribution in [2.24, 2.45) is 5.92 Å². The molecule has 0 spiro atoms. The second-order valence-electron chi connectivity index (χ2n) is 4.89. The van der Waals surface area contributed by atoms with Gasteiger partial charge in [-0.2, -0.15) is 0 Å². The van der Waals surface area contributed by atoms with Crippen LogP contribution < -0.4 is 10.0 Å². The Morgan fingerprint density at radius 3 is 2.59 bits per heavy atom. The number of rotatable bonds is 7. The molecule has 0 radical (unpaired) electrons. The molecule has 0 aliphatic carbocycles. The second kappa shape index (κ2) is 7.31. The Labute approximate surface area is 104 Å². The van der Waals surface area contributed by atoms with Crippen LogP contribution in [0.5, 0.6) is 0 Å². The highest BCUT2D eigenvalue weighted by atomic mass is 32.2. The molecule has 1 aliphatic rings. The smallest absolute Gasteiger partial charge is 0.211 e. The van der Waals surface area contributed by atoms with Gasteiger partial charge in [-0.05, 0) is 31.8 Å². The number of piperidine rings is 1. The Kier molecular flexibility index (Phi) is 6.40. The van der Waals surface area contributed by atoms with Gasteiger partial charge >= 0.3 is 0 Å². The zero-order chi connectivity index (χ0) is 12.7. The lowest BCUT2D eigenvalue weighted by molar-refractivity contribution is 0.0366. The fraction of sp³-hybridized carbons (Fsp3) is 1.00. The van der Waals surface area contributed by atoms with E-state index in [-0.39, 0.29) is 17.8 Å². The summed E-state index contributed by atoms with van der Waals surface area (Å²) in [4.78, 5) is 0. The summed E-state index contributed by atoms with van der Waals surface area (Å²) >= 11 is 0. The molecule has 1 rings (SSSR count). The lowest BCUT2D eigenvalue weighted by Crippen LogP contribution is -2.35. The van der Waals surface area contributed by atoms with Crippen LogP contribution in [0.1, 0.15) is 26.7 Å². The second-order valence-corrected chi connectivity index (χ2v) is 6.74. The van der Waals surface area contributed by atoms with Gasteiger partial charge in [-0.25, -0.2) is 13.1 Å². The summed E-state index contributed by atoms with van der Waals surface area (Å²) in [6.45, 7) is 6.60. The molecule has 0 aromatic heterocycles. The topological polar surface area (TPSA) is 67.4 Å². The summed E-state index contributed by atoms with van der Waals surface area (Å²) in [6, 6.07) is 0. The van der Waals surface area contributed by atoms with Gasteiger partial charge < -0.3 is 10.1 Å². The molecule has 0 amide bonds. The van der Waals surface area contributed by atoms with Gasteiger partial charge in [0.1, 0.15) is 0 Å². The van der Waals surface area contributed by atoms with Crippen LogP contribution in [0, 0.1) is 5.92 Å². The number of sulfonamides is 1. The monoisotopic (exact) mass is 264 g/mol. The molecule has 6 heteroatoms. The quantitative estimate of drug-likeness (QED) is 0.650. The van der Waals surface area contributed by atoms with Crippen LogP contribution in [0.2, 0.25) is 0 Å². The van der Waals surface area contributed by atoms with E-state index in [1.165, 1.54) is 0 Å². The summed E-state index contributed by atoms with van der Waals surface area (Å²) < 4.78 is 31.2.